The van der Waals surface area contributed by atoms with Crippen molar-refractivity contribution in [2.45, 2.75) is 13.3 Å². The molecule has 0 aliphatic rings. The van der Waals surface area contributed by atoms with Gasteiger partial charge in [-0.05, 0) is 37.6 Å². The van der Waals surface area contributed by atoms with E-state index in [9.17, 15) is 4.39 Å². The molecule has 0 unspecified atom stereocenters. The van der Waals surface area contributed by atoms with Crippen molar-refractivity contribution in [1.82, 2.24) is 5.43 Å². The summed E-state index contributed by atoms with van der Waals surface area (Å²) in [6.45, 7) is 3.93. The summed E-state index contributed by atoms with van der Waals surface area (Å²) in [5.41, 5.74) is 3.42. The Kier molecular flexibility index (Phi) is 6.84. The van der Waals surface area contributed by atoms with Crippen molar-refractivity contribution in [2.75, 3.05) is 31.7 Å². The molecule has 19 heavy (non-hydrogen) atoms. The molecule has 0 saturated heterocycles. The number of nitrogens with one attached hydrogen (secondary N) is 1. The third kappa shape index (κ3) is 4.84. The Morgan fingerprint density at radius 1 is 1.42 bits per heavy atom. The molecule has 1 aromatic rings. The van der Waals surface area contributed by atoms with E-state index < -0.39 is 0 Å². The number of rotatable bonds is 6. The predicted octanol–water partition coefficient (Wildman–Crippen LogP) is 1.51. The van der Waals surface area contributed by atoms with Crippen molar-refractivity contribution in [3.05, 3.63) is 30.1 Å². The number of hydrogen-bond acceptors (Lipinski definition) is 3. The van der Waals surface area contributed by atoms with Gasteiger partial charge in [-0.15, -0.1) is 0 Å². The van der Waals surface area contributed by atoms with Crippen molar-refractivity contribution in [3.63, 3.8) is 0 Å². The molecule has 1 aromatic carbocycles. The Morgan fingerprint density at radius 2 is 2.11 bits per heavy atom. The van der Waals surface area contributed by atoms with E-state index in [2.05, 4.69) is 10.4 Å². The first-order valence-electron chi connectivity index (χ1n) is 6.26. The summed E-state index contributed by atoms with van der Waals surface area (Å²) in [7, 11) is 1.66. The standard InChI is InChI=1S/C13H21FN4O/c1-3-18(12-7-5-11(14)6-8-12)13(17-15)16-9-4-10-19-2/h5-8H,3-4,9-10,15H2,1-2H3,(H,16,17). The molecular weight excluding hydrogens is 247 g/mol. The number of halogens is 1. The molecule has 0 aromatic heterocycles. The van der Waals surface area contributed by atoms with E-state index in [4.69, 9.17) is 10.6 Å². The highest BCUT2D eigenvalue weighted by atomic mass is 19.1. The van der Waals surface area contributed by atoms with E-state index in [0.717, 1.165) is 12.1 Å². The summed E-state index contributed by atoms with van der Waals surface area (Å²) in [5.74, 6) is 5.80. The molecule has 0 radical (unpaired) electrons. The molecule has 0 heterocycles. The number of hydrazine groups is 1. The number of guanidine groups is 1. The van der Waals surface area contributed by atoms with Crippen LogP contribution in [-0.4, -0.2) is 32.8 Å². The van der Waals surface area contributed by atoms with E-state index in [1.54, 1.807) is 19.2 Å². The van der Waals surface area contributed by atoms with E-state index in [1.165, 1.54) is 12.1 Å². The fourth-order valence-electron chi connectivity index (χ4n) is 1.68. The van der Waals surface area contributed by atoms with Crippen molar-refractivity contribution in [3.8, 4) is 0 Å². The minimum absolute atomic E-state index is 0.265. The van der Waals surface area contributed by atoms with Crippen LogP contribution in [0, 0.1) is 5.82 Å². The van der Waals surface area contributed by atoms with Crippen LogP contribution < -0.4 is 16.2 Å². The van der Waals surface area contributed by atoms with Crippen LogP contribution in [0.3, 0.4) is 0 Å². The second kappa shape index (κ2) is 8.44. The molecule has 0 saturated carbocycles. The zero-order chi connectivity index (χ0) is 14.1. The summed E-state index contributed by atoms with van der Waals surface area (Å²) in [6.07, 6.45) is 0.822. The number of nitrogens with two attached hydrogens (primary N) is 1. The molecule has 0 amide bonds. The fourth-order valence-corrected chi connectivity index (χ4v) is 1.68. The molecule has 6 heteroatoms. The second-order valence-electron chi connectivity index (χ2n) is 3.92. The van der Waals surface area contributed by atoms with Crippen LogP contribution in [0.1, 0.15) is 13.3 Å². The Bertz CT molecular complexity index is 394. The number of methoxy groups -OCH3 is 1. The SMILES string of the molecule is CCN(C(=NCCCOC)NN)c1ccc(F)cc1. The molecule has 3 N–H and O–H groups in total. The Labute approximate surface area is 113 Å². The molecule has 106 valence electrons. The van der Waals surface area contributed by atoms with Crippen LogP contribution in [0.15, 0.2) is 29.3 Å². The van der Waals surface area contributed by atoms with E-state index in [-0.39, 0.29) is 5.82 Å². The Hall–Kier alpha value is -1.66. The van der Waals surface area contributed by atoms with Gasteiger partial charge < -0.3 is 9.64 Å². The van der Waals surface area contributed by atoms with Gasteiger partial charge in [0, 0.05) is 32.5 Å². The minimum atomic E-state index is -0.265. The van der Waals surface area contributed by atoms with Gasteiger partial charge in [0.2, 0.25) is 5.96 Å². The van der Waals surface area contributed by atoms with Gasteiger partial charge in [-0.3, -0.25) is 10.4 Å². The minimum Gasteiger partial charge on any atom is -0.385 e. The molecule has 0 spiro atoms. The topological polar surface area (TPSA) is 62.9 Å². The maximum absolute atomic E-state index is 12.9. The number of nitrogens with zero attached hydrogens (tertiary/aromatic N) is 2. The first kappa shape index (κ1) is 15.4. The normalized spacial score (nSPS) is 11.5. The van der Waals surface area contributed by atoms with E-state index in [1.807, 2.05) is 11.8 Å². The Balaban J connectivity index is 2.77. The number of ether oxygens (including phenoxy) is 1. The summed E-state index contributed by atoms with van der Waals surface area (Å²) >= 11 is 0. The van der Waals surface area contributed by atoms with Gasteiger partial charge in [0.1, 0.15) is 5.82 Å². The summed E-state index contributed by atoms with van der Waals surface area (Å²) < 4.78 is 17.9. The van der Waals surface area contributed by atoms with Gasteiger partial charge in [0.05, 0.1) is 0 Å². The summed E-state index contributed by atoms with van der Waals surface area (Å²) in [4.78, 5) is 6.26. The molecule has 0 bridgehead atoms. The van der Waals surface area contributed by atoms with Crippen LogP contribution in [0.2, 0.25) is 0 Å². The third-order valence-electron chi connectivity index (χ3n) is 2.61. The lowest BCUT2D eigenvalue weighted by Gasteiger charge is -2.24. The quantitative estimate of drug-likeness (QED) is 0.270. The zero-order valence-electron chi connectivity index (χ0n) is 11.4. The van der Waals surface area contributed by atoms with Crippen molar-refractivity contribution in [2.24, 2.45) is 10.8 Å². The van der Waals surface area contributed by atoms with Gasteiger partial charge in [0.25, 0.3) is 0 Å². The monoisotopic (exact) mass is 268 g/mol. The number of anilines is 1. The molecule has 1 rings (SSSR count). The van der Waals surface area contributed by atoms with Gasteiger partial charge in [-0.1, -0.05) is 0 Å². The van der Waals surface area contributed by atoms with Gasteiger partial charge in [0.15, 0.2) is 0 Å². The lowest BCUT2D eigenvalue weighted by molar-refractivity contribution is 0.197. The molecular formula is C13H21FN4O. The lowest BCUT2D eigenvalue weighted by Crippen LogP contribution is -2.45. The highest BCUT2D eigenvalue weighted by molar-refractivity contribution is 5.95. The van der Waals surface area contributed by atoms with Crippen molar-refractivity contribution < 1.29 is 9.13 Å². The molecule has 5 nitrogen and oxygen atoms in total. The van der Waals surface area contributed by atoms with Crippen molar-refractivity contribution >= 4 is 11.6 Å². The highest BCUT2D eigenvalue weighted by Crippen LogP contribution is 2.14. The summed E-state index contributed by atoms with van der Waals surface area (Å²) in [5, 5.41) is 0. The molecule has 0 atom stereocenters. The van der Waals surface area contributed by atoms with E-state index >= 15 is 0 Å². The largest absolute Gasteiger partial charge is 0.385 e. The van der Waals surface area contributed by atoms with Crippen LogP contribution >= 0.6 is 0 Å². The molecule has 0 fully saturated rings. The number of hydrogen-bond donors (Lipinski definition) is 2. The van der Waals surface area contributed by atoms with Crippen LogP contribution in [0.5, 0.6) is 0 Å². The zero-order valence-corrected chi connectivity index (χ0v) is 11.4. The number of benzene rings is 1. The number of aliphatic imine (C=N–C) groups is 1. The van der Waals surface area contributed by atoms with Crippen LogP contribution in [-0.2, 0) is 4.74 Å². The average Bonchev–Trinajstić information content (AvgIpc) is 2.44. The maximum Gasteiger partial charge on any atom is 0.212 e. The van der Waals surface area contributed by atoms with Crippen LogP contribution in [0.4, 0.5) is 10.1 Å². The lowest BCUT2D eigenvalue weighted by atomic mass is 10.3. The first-order chi connectivity index (χ1) is 9.22. The van der Waals surface area contributed by atoms with Gasteiger partial charge in [-0.25, -0.2) is 10.2 Å². The second-order valence-corrected chi connectivity index (χ2v) is 3.92. The maximum atomic E-state index is 12.9. The smallest absolute Gasteiger partial charge is 0.212 e. The van der Waals surface area contributed by atoms with E-state index in [0.29, 0.717) is 25.7 Å². The van der Waals surface area contributed by atoms with Gasteiger partial charge in [-0.2, -0.15) is 0 Å². The molecule has 0 aliphatic heterocycles. The molecule has 0 aliphatic carbocycles. The predicted molar refractivity (Wildman–Crippen MR) is 75.5 cm³/mol. The average molecular weight is 268 g/mol. The van der Waals surface area contributed by atoms with Crippen LogP contribution in [0.25, 0.3) is 0 Å². The fraction of sp³-hybridized carbons (Fsp3) is 0.462. The first-order valence-corrected chi connectivity index (χ1v) is 6.26. The highest BCUT2D eigenvalue weighted by Gasteiger charge is 2.10. The summed E-state index contributed by atoms with van der Waals surface area (Å²) in [6, 6.07) is 6.22. The van der Waals surface area contributed by atoms with Gasteiger partial charge >= 0.3 is 0 Å². The Morgan fingerprint density at radius 3 is 2.63 bits per heavy atom. The van der Waals surface area contributed by atoms with Crippen molar-refractivity contribution in [1.29, 1.82) is 0 Å². The third-order valence-corrected chi connectivity index (χ3v) is 2.61.